The van der Waals surface area contributed by atoms with E-state index in [1.807, 2.05) is 12.1 Å². The summed E-state index contributed by atoms with van der Waals surface area (Å²) in [6, 6.07) is 6.20. The first-order chi connectivity index (χ1) is 10.1. The van der Waals surface area contributed by atoms with Crippen molar-refractivity contribution in [2.75, 3.05) is 0 Å². The second-order valence-corrected chi connectivity index (χ2v) is 5.64. The Kier molecular flexibility index (Phi) is 5.78. The van der Waals surface area contributed by atoms with Crippen LogP contribution in [0.5, 0.6) is 0 Å². The molecule has 1 aromatic carbocycles. The molecule has 0 saturated heterocycles. The first-order valence-corrected chi connectivity index (χ1v) is 7.38. The van der Waals surface area contributed by atoms with Gasteiger partial charge in [-0.15, -0.1) is 0 Å². The van der Waals surface area contributed by atoms with Crippen LogP contribution in [0.2, 0.25) is 0 Å². The number of nitrogens with zero attached hydrogens (tertiary/aromatic N) is 1. The van der Waals surface area contributed by atoms with E-state index in [2.05, 4.69) is 26.3 Å². The molecule has 0 aliphatic heterocycles. The molecule has 0 spiro atoms. The molecule has 2 rings (SSSR count). The molecule has 112 valence electrons. The summed E-state index contributed by atoms with van der Waals surface area (Å²) >= 11 is 3.07. The molecule has 6 heteroatoms. The summed E-state index contributed by atoms with van der Waals surface area (Å²) in [6.07, 6.45) is 5.06. The Hall–Kier alpha value is -1.37. The van der Waals surface area contributed by atoms with Gasteiger partial charge in [-0.25, -0.2) is 8.78 Å². The van der Waals surface area contributed by atoms with E-state index in [4.69, 9.17) is 5.84 Å². The highest BCUT2D eigenvalue weighted by Gasteiger charge is 2.17. The van der Waals surface area contributed by atoms with E-state index < -0.39 is 11.6 Å². The number of aromatic nitrogens is 1. The largest absolute Gasteiger partial charge is 0.271 e. The Balaban J connectivity index is 2.04. The molecule has 1 heterocycles. The number of nitrogens with one attached hydrogen (secondary N) is 1. The Morgan fingerprint density at radius 3 is 2.76 bits per heavy atom. The van der Waals surface area contributed by atoms with Gasteiger partial charge in [0.1, 0.15) is 11.6 Å². The molecule has 0 radical (unpaired) electrons. The van der Waals surface area contributed by atoms with Gasteiger partial charge in [-0.2, -0.15) is 0 Å². The summed E-state index contributed by atoms with van der Waals surface area (Å²) in [5.41, 5.74) is 3.73. The predicted molar refractivity (Wildman–Crippen MR) is 81.4 cm³/mol. The summed E-state index contributed by atoms with van der Waals surface area (Å²) in [5, 5.41) is 0. The summed E-state index contributed by atoms with van der Waals surface area (Å²) in [7, 11) is 0. The topological polar surface area (TPSA) is 50.9 Å². The molecule has 0 bridgehead atoms. The zero-order chi connectivity index (χ0) is 15.2. The molecule has 0 fully saturated rings. The number of benzene rings is 1. The maximum atomic E-state index is 14.0. The van der Waals surface area contributed by atoms with Gasteiger partial charge in [0.25, 0.3) is 0 Å². The van der Waals surface area contributed by atoms with E-state index in [9.17, 15) is 8.78 Å². The normalized spacial score (nSPS) is 12.4. The van der Waals surface area contributed by atoms with Gasteiger partial charge in [0.05, 0.1) is 4.47 Å². The van der Waals surface area contributed by atoms with Crippen molar-refractivity contribution in [1.29, 1.82) is 0 Å². The number of aryl methyl sites for hydroxylation is 1. The van der Waals surface area contributed by atoms with Gasteiger partial charge >= 0.3 is 0 Å². The van der Waals surface area contributed by atoms with E-state index in [0.717, 1.165) is 12.0 Å². The van der Waals surface area contributed by atoms with Crippen molar-refractivity contribution in [3.05, 3.63) is 63.9 Å². The van der Waals surface area contributed by atoms with Crippen molar-refractivity contribution in [2.45, 2.75) is 25.3 Å². The third-order valence-corrected chi connectivity index (χ3v) is 3.94. The maximum Gasteiger partial charge on any atom is 0.143 e. The fourth-order valence-corrected chi connectivity index (χ4v) is 2.51. The number of rotatable bonds is 6. The second-order valence-electron chi connectivity index (χ2n) is 4.79. The van der Waals surface area contributed by atoms with Gasteiger partial charge in [-0.1, -0.05) is 6.07 Å². The quantitative estimate of drug-likeness (QED) is 0.475. The van der Waals surface area contributed by atoms with E-state index in [-0.39, 0.29) is 22.5 Å². The van der Waals surface area contributed by atoms with Crippen LogP contribution in [-0.2, 0) is 12.8 Å². The van der Waals surface area contributed by atoms with E-state index >= 15 is 0 Å². The molecule has 0 aliphatic rings. The lowest BCUT2D eigenvalue weighted by Gasteiger charge is -2.17. The lowest BCUT2D eigenvalue weighted by atomic mass is 9.99. The first kappa shape index (κ1) is 16.0. The van der Waals surface area contributed by atoms with Gasteiger partial charge < -0.3 is 0 Å². The zero-order valence-corrected chi connectivity index (χ0v) is 12.9. The molecular weight excluding hydrogens is 340 g/mol. The average molecular weight is 356 g/mol. The van der Waals surface area contributed by atoms with Gasteiger partial charge in [-0.05, 0) is 59.0 Å². The van der Waals surface area contributed by atoms with Crippen molar-refractivity contribution >= 4 is 15.9 Å². The number of hydrogen-bond donors (Lipinski definition) is 2. The van der Waals surface area contributed by atoms with Crippen LogP contribution >= 0.6 is 15.9 Å². The Morgan fingerprint density at radius 2 is 2.10 bits per heavy atom. The summed E-state index contributed by atoms with van der Waals surface area (Å²) < 4.78 is 28.0. The molecule has 3 N–H and O–H groups in total. The number of hydrazine groups is 1. The highest BCUT2D eigenvalue weighted by atomic mass is 79.9. The van der Waals surface area contributed by atoms with Gasteiger partial charge in [0.15, 0.2) is 0 Å². The number of pyridine rings is 1. The fraction of sp³-hybridized carbons (Fsp3) is 0.267. The van der Waals surface area contributed by atoms with Crippen LogP contribution < -0.4 is 11.3 Å². The minimum absolute atomic E-state index is 0.0403. The highest BCUT2D eigenvalue weighted by molar-refractivity contribution is 9.10. The fourth-order valence-electron chi connectivity index (χ4n) is 2.13. The molecule has 1 aromatic heterocycles. The van der Waals surface area contributed by atoms with E-state index in [1.54, 1.807) is 12.4 Å². The van der Waals surface area contributed by atoms with Crippen LogP contribution in [0.15, 0.2) is 41.1 Å². The van der Waals surface area contributed by atoms with Gasteiger partial charge in [-0.3, -0.25) is 16.3 Å². The number of halogens is 3. The minimum Gasteiger partial charge on any atom is -0.271 e. The van der Waals surface area contributed by atoms with Gasteiger partial charge in [0, 0.05) is 24.0 Å². The smallest absolute Gasteiger partial charge is 0.143 e. The average Bonchev–Trinajstić information content (AvgIpc) is 2.51. The van der Waals surface area contributed by atoms with Crippen molar-refractivity contribution in [3.8, 4) is 0 Å². The number of nitrogens with two attached hydrogens (primary N) is 1. The van der Waals surface area contributed by atoms with Crippen molar-refractivity contribution in [1.82, 2.24) is 10.4 Å². The molecule has 0 aliphatic carbocycles. The van der Waals surface area contributed by atoms with Gasteiger partial charge in [0.2, 0.25) is 0 Å². The highest BCUT2D eigenvalue weighted by Crippen LogP contribution is 2.23. The molecular formula is C15H16BrF2N3. The Morgan fingerprint density at radius 1 is 1.29 bits per heavy atom. The molecule has 2 aromatic rings. The second kappa shape index (κ2) is 7.59. The molecule has 0 amide bonds. The zero-order valence-electron chi connectivity index (χ0n) is 11.3. The monoisotopic (exact) mass is 355 g/mol. The predicted octanol–water partition coefficient (Wildman–Crippen LogP) is 3.13. The van der Waals surface area contributed by atoms with Crippen LogP contribution in [-0.4, -0.2) is 11.0 Å². The maximum absolute atomic E-state index is 14.0. The lowest BCUT2D eigenvalue weighted by Crippen LogP contribution is -2.37. The van der Waals surface area contributed by atoms with E-state index in [1.165, 1.54) is 12.1 Å². The van der Waals surface area contributed by atoms with Crippen LogP contribution in [0.25, 0.3) is 0 Å². The van der Waals surface area contributed by atoms with Crippen LogP contribution in [0, 0.1) is 11.6 Å². The molecule has 21 heavy (non-hydrogen) atoms. The third kappa shape index (κ3) is 4.30. The molecule has 1 unspecified atom stereocenters. The van der Waals surface area contributed by atoms with E-state index in [0.29, 0.717) is 6.42 Å². The van der Waals surface area contributed by atoms with Crippen LogP contribution in [0.1, 0.15) is 17.5 Å². The SMILES string of the molecule is NNC(CCc1cccnc1)Cc1c(F)ccc(Br)c1F. The number of hydrogen-bond acceptors (Lipinski definition) is 3. The third-order valence-electron chi connectivity index (χ3n) is 3.33. The Bertz CT molecular complexity index is 593. The standard InChI is InChI=1S/C15H16BrF2N3/c16-13-5-6-14(17)12(15(13)18)8-11(21-19)4-3-10-2-1-7-20-9-10/h1-2,5-7,9,11,21H,3-4,8,19H2. The molecule has 0 saturated carbocycles. The molecule has 1 atom stereocenters. The lowest BCUT2D eigenvalue weighted by molar-refractivity contribution is 0.463. The minimum atomic E-state index is -0.573. The van der Waals surface area contributed by atoms with Crippen molar-refractivity contribution in [3.63, 3.8) is 0 Å². The summed E-state index contributed by atoms with van der Waals surface area (Å²) in [4.78, 5) is 4.03. The molecule has 3 nitrogen and oxygen atoms in total. The Labute approximate surface area is 130 Å². The van der Waals surface area contributed by atoms with Crippen LogP contribution in [0.4, 0.5) is 8.78 Å². The summed E-state index contributed by atoms with van der Waals surface area (Å²) in [6.45, 7) is 0. The first-order valence-electron chi connectivity index (χ1n) is 6.59. The van der Waals surface area contributed by atoms with Crippen molar-refractivity contribution in [2.24, 2.45) is 5.84 Å². The van der Waals surface area contributed by atoms with Crippen molar-refractivity contribution < 1.29 is 8.78 Å². The summed E-state index contributed by atoms with van der Waals surface area (Å²) in [5.74, 6) is 4.37. The van der Waals surface area contributed by atoms with Crippen LogP contribution in [0.3, 0.4) is 0 Å².